The van der Waals surface area contributed by atoms with E-state index >= 15 is 0 Å². The van der Waals surface area contributed by atoms with Gasteiger partial charge in [-0.1, -0.05) is 6.92 Å². The Kier molecular flexibility index (Phi) is 6.97. The Balaban J connectivity index is 4.46. The van der Waals surface area contributed by atoms with Crippen molar-refractivity contribution >= 4 is 11.9 Å². The van der Waals surface area contributed by atoms with Crippen molar-refractivity contribution in [2.24, 2.45) is 5.73 Å². The van der Waals surface area contributed by atoms with E-state index < -0.39 is 12.0 Å². The third-order valence-corrected chi connectivity index (χ3v) is 2.01. The zero-order valence-corrected chi connectivity index (χ0v) is 9.73. The third kappa shape index (κ3) is 4.80. The fourth-order valence-corrected chi connectivity index (χ4v) is 1.21. The maximum absolute atomic E-state index is 11.8. The molecule has 0 aliphatic heterocycles. The van der Waals surface area contributed by atoms with Gasteiger partial charge in [-0.15, -0.1) is 12.3 Å². The molecule has 90 valence electrons. The van der Waals surface area contributed by atoms with Crippen LogP contribution in [-0.4, -0.2) is 43.0 Å². The fourth-order valence-electron chi connectivity index (χ4n) is 1.21. The smallest absolute Gasteiger partial charge is 0.325 e. The number of hydrogen-bond donors (Lipinski definition) is 1. The molecular weight excluding hydrogens is 208 g/mol. The van der Waals surface area contributed by atoms with Gasteiger partial charge in [0, 0.05) is 13.0 Å². The summed E-state index contributed by atoms with van der Waals surface area (Å²) in [5, 5.41) is 0. The normalized spacial score (nSPS) is 11.4. The number of ether oxygens (including phenoxy) is 1. The SMILES string of the molecule is C#CCC(N)C(=O)N(CCC)CC(=O)OC. The van der Waals surface area contributed by atoms with Crippen LogP contribution < -0.4 is 5.73 Å². The molecule has 0 aromatic carbocycles. The van der Waals surface area contributed by atoms with Gasteiger partial charge in [0.15, 0.2) is 0 Å². The maximum atomic E-state index is 11.8. The number of carbonyl (C=O) groups is 2. The summed E-state index contributed by atoms with van der Waals surface area (Å²) in [6.07, 6.45) is 5.98. The molecule has 0 heterocycles. The molecule has 0 aliphatic rings. The van der Waals surface area contributed by atoms with Gasteiger partial charge in [-0.3, -0.25) is 9.59 Å². The maximum Gasteiger partial charge on any atom is 0.325 e. The van der Waals surface area contributed by atoms with Crippen molar-refractivity contribution in [2.75, 3.05) is 20.2 Å². The topological polar surface area (TPSA) is 72.6 Å². The van der Waals surface area contributed by atoms with Gasteiger partial charge in [-0.05, 0) is 6.42 Å². The molecule has 0 bridgehead atoms. The molecule has 16 heavy (non-hydrogen) atoms. The van der Waals surface area contributed by atoms with Crippen molar-refractivity contribution in [1.82, 2.24) is 4.90 Å². The second-order valence-electron chi connectivity index (χ2n) is 3.35. The van der Waals surface area contributed by atoms with Gasteiger partial charge in [0.05, 0.1) is 13.2 Å². The van der Waals surface area contributed by atoms with Crippen LogP contribution >= 0.6 is 0 Å². The number of rotatable bonds is 6. The van der Waals surface area contributed by atoms with Crippen LogP contribution in [0.2, 0.25) is 0 Å². The molecule has 0 fully saturated rings. The number of esters is 1. The number of terminal acetylenes is 1. The van der Waals surface area contributed by atoms with Crippen LogP contribution in [0.1, 0.15) is 19.8 Å². The lowest BCUT2D eigenvalue weighted by Crippen LogP contribution is -2.46. The van der Waals surface area contributed by atoms with Gasteiger partial charge in [0.2, 0.25) is 5.91 Å². The zero-order valence-electron chi connectivity index (χ0n) is 9.73. The minimum Gasteiger partial charge on any atom is -0.468 e. The summed E-state index contributed by atoms with van der Waals surface area (Å²) in [6, 6.07) is -0.749. The number of methoxy groups -OCH3 is 1. The molecule has 0 aliphatic carbocycles. The molecule has 0 rings (SSSR count). The average molecular weight is 226 g/mol. The Hall–Kier alpha value is -1.54. The number of hydrogen-bond acceptors (Lipinski definition) is 4. The average Bonchev–Trinajstić information content (AvgIpc) is 2.27. The van der Waals surface area contributed by atoms with Gasteiger partial charge >= 0.3 is 5.97 Å². The second kappa shape index (κ2) is 7.71. The van der Waals surface area contributed by atoms with Crippen LogP contribution in [0.5, 0.6) is 0 Å². The quantitative estimate of drug-likeness (QED) is 0.500. The van der Waals surface area contributed by atoms with E-state index in [1.54, 1.807) is 0 Å². The molecule has 2 N–H and O–H groups in total. The van der Waals surface area contributed by atoms with Crippen molar-refractivity contribution in [2.45, 2.75) is 25.8 Å². The lowest BCUT2D eigenvalue weighted by Gasteiger charge is -2.23. The molecule has 0 spiro atoms. The summed E-state index contributed by atoms with van der Waals surface area (Å²) in [4.78, 5) is 24.2. The first kappa shape index (κ1) is 14.5. The third-order valence-electron chi connectivity index (χ3n) is 2.01. The first-order chi connectivity index (χ1) is 7.56. The van der Waals surface area contributed by atoms with Crippen LogP contribution in [0, 0.1) is 12.3 Å². The summed E-state index contributed by atoms with van der Waals surface area (Å²) in [7, 11) is 1.28. The van der Waals surface area contributed by atoms with E-state index in [0.717, 1.165) is 6.42 Å². The highest BCUT2D eigenvalue weighted by Gasteiger charge is 2.21. The predicted octanol–water partition coefficient (Wildman–Crippen LogP) is -0.251. The van der Waals surface area contributed by atoms with Gasteiger partial charge in [-0.25, -0.2) is 0 Å². The van der Waals surface area contributed by atoms with Gasteiger partial charge in [0.25, 0.3) is 0 Å². The summed E-state index contributed by atoms with van der Waals surface area (Å²) in [6.45, 7) is 2.29. The summed E-state index contributed by atoms with van der Waals surface area (Å²) in [5.74, 6) is 1.55. The Morgan fingerprint density at radius 3 is 2.62 bits per heavy atom. The van der Waals surface area contributed by atoms with E-state index in [-0.39, 0.29) is 18.9 Å². The van der Waals surface area contributed by atoms with E-state index in [1.165, 1.54) is 12.0 Å². The molecular formula is C11H18N2O3. The van der Waals surface area contributed by atoms with Crippen LogP contribution in [-0.2, 0) is 14.3 Å². The summed E-state index contributed by atoms with van der Waals surface area (Å²) in [5.41, 5.74) is 5.59. The Morgan fingerprint density at radius 2 is 2.19 bits per heavy atom. The van der Waals surface area contributed by atoms with Crippen molar-refractivity contribution in [1.29, 1.82) is 0 Å². The van der Waals surface area contributed by atoms with E-state index in [4.69, 9.17) is 12.2 Å². The number of carbonyl (C=O) groups excluding carboxylic acids is 2. The molecule has 0 saturated heterocycles. The molecule has 0 aromatic heterocycles. The molecule has 5 heteroatoms. The minimum absolute atomic E-state index is 0.0819. The highest BCUT2D eigenvalue weighted by molar-refractivity contribution is 5.85. The van der Waals surface area contributed by atoms with Crippen LogP contribution in [0.4, 0.5) is 0 Å². The largest absolute Gasteiger partial charge is 0.468 e. The number of amides is 1. The van der Waals surface area contributed by atoms with E-state index in [0.29, 0.717) is 6.54 Å². The zero-order chi connectivity index (χ0) is 12.6. The highest BCUT2D eigenvalue weighted by atomic mass is 16.5. The summed E-state index contributed by atoms with van der Waals surface area (Å²) >= 11 is 0. The molecule has 0 aromatic rings. The Labute approximate surface area is 95.9 Å². The molecule has 0 saturated carbocycles. The first-order valence-electron chi connectivity index (χ1n) is 5.11. The van der Waals surface area contributed by atoms with Crippen molar-refractivity contribution in [3.05, 3.63) is 0 Å². The monoisotopic (exact) mass is 226 g/mol. The van der Waals surface area contributed by atoms with Crippen LogP contribution in [0.15, 0.2) is 0 Å². The van der Waals surface area contributed by atoms with Gasteiger partial charge in [-0.2, -0.15) is 0 Å². The number of nitrogens with zero attached hydrogens (tertiary/aromatic N) is 1. The Bertz CT molecular complexity index is 283. The molecule has 1 atom stereocenters. The van der Waals surface area contributed by atoms with E-state index in [1.807, 2.05) is 6.92 Å². The van der Waals surface area contributed by atoms with E-state index in [2.05, 4.69) is 10.7 Å². The van der Waals surface area contributed by atoms with Gasteiger partial charge in [0.1, 0.15) is 6.54 Å². The van der Waals surface area contributed by atoms with Crippen LogP contribution in [0.3, 0.4) is 0 Å². The lowest BCUT2D eigenvalue weighted by molar-refractivity contribution is -0.147. The molecule has 1 amide bonds. The van der Waals surface area contributed by atoms with E-state index in [9.17, 15) is 9.59 Å². The summed E-state index contributed by atoms with van der Waals surface area (Å²) < 4.78 is 4.50. The fraction of sp³-hybridized carbons (Fsp3) is 0.636. The minimum atomic E-state index is -0.749. The van der Waals surface area contributed by atoms with Crippen LogP contribution in [0.25, 0.3) is 0 Å². The first-order valence-corrected chi connectivity index (χ1v) is 5.11. The molecule has 1 unspecified atom stereocenters. The lowest BCUT2D eigenvalue weighted by atomic mass is 10.2. The molecule has 0 radical (unpaired) electrons. The van der Waals surface area contributed by atoms with Crippen molar-refractivity contribution in [3.8, 4) is 12.3 Å². The van der Waals surface area contributed by atoms with Crippen molar-refractivity contribution < 1.29 is 14.3 Å². The molecule has 5 nitrogen and oxygen atoms in total. The standard InChI is InChI=1S/C11H18N2O3/c1-4-6-9(12)11(15)13(7-5-2)8-10(14)16-3/h1,9H,5-8,12H2,2-3H3. The second-order valence-corrected chi connectivity index (χ2v) is 3.35. The van der Waals surface area contributed by atoms with Gasteiger partial charge < -0.3 is 15.4 Å². The Morgan fingerprint density at radius 1 is 1.56 bits per heavy atom. The number of nitrogens with two attached hydrogens (primary N) is 1. The predicted molar refractivity (Wildman–Crippen MR) is 60.3 cm³/mol. The van der Waals surface area contributed by atoms with Crippen molar-refractivity contribution in [3.63, 3.8) is 0 Å². The highest BCUT2D eigenvalue weighted by Crippen LogP contribution is 1.99.